The van der Waals surface area contributed by atoms with E-state index in [1.54, 1.807) is 0 Å². The number of hydrogen-bond donors (Lipinski definition) is 3. The molecule has 22 heavy (non-hydrogen) atoms. The van der Waals surface area contributed by atoms with Crippen LogP contribution in [0.1, 0.15) is 31.4 Å². The molecule has 120 valence electrons. The summed E-state index contributed by atoms with van der Waals surface area (Å²) in [5, 5.41) is 3.02. The smallest absolute Gasteiger partial charge is 0.275 e. The number of nitrogens with one attached hydrogen (secondary N) is 2. The molecule has 2 amide bonds. The Morgan fingerprint density at radius 3 is 2.73 bits per heavy atom. The Hall–Kier alpha value is -1.40. The number of primary amides is 1. The Morgan fingerprint density at radius 2 is 2.09 bits per heavy atom. The highest BCUT2D eigenvalue weighted by molar-refractivity contribution is 9.10. The van der Waals surface area contributed by atoms with Gasteiger partial charge in [-0.2, -0.15) is 0 Å². The highest BCUT2D eigenvalue weighted by atomic mass is 79.9. The number of benzene rings is 1. The lowest BCUT2D eigenvalue weighted by molar-refractivity contribution is -0.899. The van der Waals surface area contributed by atoms with E-state index in [0.29, 0.717) is 13.1 Å². The fourth-order valence-electron chi connectivity index (χ4n) is 2.91. The molecule has 0 saturated carbocycles. The molecule has 1 fully saturated rings. The zero-order valence-electron chi connectivity index (χ0n) is 12.8. The van der Waals surface area contributed by atoms with Gasteiger partial charge >= 0.3 is 0 Å². The lowest BCUT2D eigenvalue weighted by atomic mass is 9.97. The van der Waals surface area contributed by atoms with Crippen LogP contribution in [0.2, 0.25) is 0 Å². The highest BCUT2D eigenvalue weighted by Crippen LogP contribution is 2.16. The summed E-state index contributed by atoms with van der Waals surface area (Å²) in [7, 11) is 0. The Labute approximate surface area is 139 Å². The van der Waals surface area contributed by atoms with Crippen molar-refractivity contribution in [2.24, 2.45) is 11.7 Å². The molecule has 4 N–H and O–H groups in total. The average Bonchev–Trinajstić information content (AvgIpc) is 2.47. The van der Waals surface area contributed by atoms with E-state index in [9.17, 15) is 9.59 Å². The first kappa shape index (κ1) is 17.0. The van der Waals surface area contributed by atoms with Crippen LogP contribution in [0, 0.1) is 5.92 Å². The second-order valence-corrected chi connectivity index (χ2v) is 6.88. The molecule has 0 aliphatic carbocycles. The highest BCUT2D eigenvalue weighted by Gasteiger charge is 2.28. The van der Waals surface area contributed by atoms with Crippen molar-refractivity contribution < 1.29 is 14.5 Å². The van der Waals surface area contributed by atoms with Crippen molar-refractivity contribution in [2.45, 2.75) is 25.8 Å². The molecule has 1 heterocycles. The second-order valence-electron chi connectivity index (χ2n) is 5.96. The quantitative estimate of drug-likeness (QED) is 0.703. The molecule has 1 aliphatic rings. The molecule has 6 heteroatoms. The molecular weight excluding hydrogens is 346 g/mol. The third-order valence-electron chi connectivity index (χ3n) is 4.18. The number of piperidine rings is 1. The van der Waals surface area contributed by atoms with Gasteiger partial charge in [-0.05, 0) is 37.5 Å². The minimum atomic E-state index is -0.249. The van der Waals surface area contributed by atoms with Gasteiger partial charge in [0.2, 0.25) is 5.91 Å². The van der Waals surface area contributed by atoms with E-state index in [1.807, 2.05) is 31.2 Å². The van der Waals surface area contributed by atoms with Gasteiger partial charge in [-0.1, -0.05) is 28.1 Å². The van der Waals surface area contributed by atoms with Crippen LogP contribution in [-0.4, -0.2) is 31.4 Å². The summed E-state index contributed by atoms with van der Waals surface area (Å²) in [4.78, 5) is 24.6. The Bertz CT molecular complexity index is 533. The first-order valence-corrected chi connectivity index (χ1v) is 8.42. The van der Waals surface area contributed by atoms with Gasteiger partial charge in [0.15, 0.2) is 6.54 Å². The number of quaternary nitrogens is 1. The van der Waals surface area contributed by atoms with Crippen molar-refractivity contribution in [3.05, 3.63) is 34.3 Å². The second kappa shape index (κ2) is 7.74. The summed E-state index contributed by atoms with van der Waals surface area (Å²) in [6.45, 7) is 3.95. The van der Waals surface area contributed by atoms with Crippen molar-refractivity contribution in [3.8, 4) is 0 Å². The van der Waals surface area contributed by atoms with Crippen LogP contribution in [0.4, 0.5) is 0 Å². The maximum atomic E-state index is 12.2. The summed E-state index contributed by atoms with van der Waals surface area (Å²) < 4.78 is 1.02. The molecular formula is C16H23BrN3O2+. The Morgan fingerprint density at radius 1 is 1.41 bits per heavy atom. The molecule has 5 nitrogen and oxygen atoms in total. The van der Waals surface area contributed by atoms with Gasteiger partial charge in [0.25, 0.3) is 5.91 Å². The molecule has 0 aromatic heterocycles. The Balaban J connectivity index is 1.84. The van der Waals surface area contributed by atoms with Crippen LogP contribution in [0.5, 0.6) is 0 Å². The van der Waals surface area contributed by atoms with Gasteiger partial charge in [0.1, 0.15) is 0 Å². The number of likely N-dealkylation sites (tertiary alicyclic amines) is 1. The van der Waals surface area contributed by atoms with Crippen molar-refractivity contribution in [1.82, 2.24) is 5.32 Å². The molecule has 2 rings (SSSR count). The molecule has 3 atom stereocenters. The molecule has 1 saturated heterocycles. The van der Waals surface area contributed by atoms with Gasteiger partial charge in [-0.25, -0.2) is 0 Å². The van der Waals surface area contributed by atoms with Crippen LogP contribution in [0.3, 0.4) is 0 Å². The minimum absolute atomic E-state index is 0.00976. The minimum Gasteiger partial charge on any atom is -0.369 e. The molecule has 0 radical (unpaired) electrons. The van der Waals surface area contributed by atoms with Crippen LogP contribution in [-0.2, 0) is 9.59 Å². The molecule has 0 spiro atoms. The topological polar surface area (TPSA) is 76.6 Å². The normalized spacial score (nSPS) is 22.8. The van der Waals surface area contributed by atoms with Crippen molar-refractivity contribution in [2.75, 3.05) is 19.6 Å². The summed E-state index contributed by atoms with van der Waals surface area (Å²) >= 11 is 3.40. The fourth-order valence-corrected chi connectivity index (χ4v) is 3.17. The standard InChI is InChI=1S/C16H22BrN3O2/c1-11(12-4-6-14(17)7-5-12)19-15(21)10-20-8-2-3-13(9-20)16(18)22/h4-7,11,13H,2-3,8-10H2,1H3,(H2,18,22)(H,19,21)/p+1/t11-,13+/m1/s1. The summed E-state index contributed by atoms with van der Waals surface area (Å²) in [5.74, 6) is -0.336. The van der Waals surface area contributed by atoms with Crippen molar-refractivity contribution in [3.63, 3.8) is 0 Å². The first-order chi connectivity index (χ1) is 10.5. The monoisotopic (exact) mass is 368 g/mol. The molecule has 1 aromatic carbocycles. The van der Waals surface area contributed by atoms with E-state index in [-0.39, 0.29) is 23.8 Å². The zero-order valence-corrected chi connectivity index (χ0v) is 14.4. The SMILES string of the molecule is C[C@@H](NC(=O)C[NH+]1CCC[C@H](C(N)=O)C1)c1ccc(Br)cc1. The van der Waals surface area contributed by atoms with Gasteiger partial charge in [-0.3, -0.25) is 9.59 Å². The van der Waals surface area contributed by atoms with E-state index < -0.39 is 0 Å². The number of rotatable bonds is 5. The largest absolute Gasteiger partial charge is 0.369 e. The number of hydrogen-bond acceptors (Lipinski definition) is 2. The maximum Gasteiger partial charge on any atom is 0.275 e. The maximum absolute atomic E-state index is 12.2. The van der Waals surface area contributed by atoms with Crippen LogP contribution in [0.25, 0.3) is 0 Å². The number of carbonyl (C=O) groups excluding carboxylic acids is 2. The molecule has 1 unspecified atom stereocenters. The third kappa shape index (κ3) is 4.81. The third-order valence-corrected chi connectivity index (χ3v) is 4.71. The predicted octanol–water partition coefficient (Wildman–Crippen LogP) is 0.407. The van der Waals surface area contributed by atoms with Crippen LogP contribution >= 0.6 is 15.9 Å². The van der Waals surface area contributed by atoms with E-state index in [2.05, 4.69) is 21.2 Å². The van der Waals surface area contributed by atoms with E-state index in [0.717, 1.165) is 34.3 Å². The molecule has 1 aliphatic heterocycles. The summed E-state index contributed by atoms with van der Waals surface area (Å²) in [6, 6.07) is 7.88. The molecule has 1 aromatic rings. The number of carbonyl (C=O) groups is 2. The number of amides is 2. The van der Waals surface area contributed by atoms with Crippen molar-refractivity contribution >= 4 is 27.7 Å². The predicted molar refractivity (Wildman–Crippen MR) is 88.2 cm³/mol. The lowest BCUT2D eigenvalue weighted by Gasteiger charge is -2.28. The van der Waals surface area contributed by atoms with Crippen LogP contribution < -0.4 is 16.0 Å². The van der Waals surface area contributed by atoms with Gasteiger partial charge in [0, 0.05) is 4.47 Å². The first-order valence-electron chi connectivity index (χ1n) is 7.63. The number of nitrogens with two attached hydrogens (primary N) is 1. The zero-order chi connectivity index (χ0) is 16.1. The number of halogens is 1. The fraction of sp³-hybridized carbons (Fsp3) is 0.500. The van der Waals surface area contributed by atoms with E-state index >= 15 is 0 Å². The van der Waals surface area contributed by atoms with Gasteiger partial charge < -0.3 is 16.0 Å². The van der Waals surface area contributed by atoms with Gasteiger partial charge in [0.05, 0.1) is 25.0 Å². The van der Waals surface area contributed by atoms with Crippen molar-refractivity contribution in [1.29, 1.82) is 0 Å². The lowest BCUT2D eigenvalue weighted by Crippen LogP contribution is -3.15. The van der Waals surface area contributed by atoms with E-state index in [1.165, 1.54) is 0 Å². The molecule has 0 bridgehead atoms. The van der Waals surface area contributed by atoms with Crippen LogP contribution in [0.15, 0.2) is 28.7 Å². The van der Waals surface area contributed by atoms with Gasteiger partial charge in [-0.15, -0.1) is 0 Å². The average molecular weight is 369 g/mol. The summed E-state index contributed by atoms with van der Waals surface area (Å²) in [6.07, 6.45) is 1.79. The summed E-state index contributed by atoms with van der Waals surface area (Å²) in [5.41, 5.74) is 6.44. The Kier molecular flexibility index (Phi) is 5.97. The van der Waals surface area contributed by atoms with E-state index in [4.69, 9.17) is 5.73 Å².